The third kappa shape index (κ3) is 2.69. The molecule has 0 aromatic heterocycles. The van der Waals surface area contributed by atoms with E-state index in [1.165, 1.54) is 0 Å². The zero-order valence-corrected chi connectivity index (χ0v) is 12.1. The second-order valence-electron chi connectivity index (χ2n) is 6.16. The Kier molecular flexibility index (Phi) is 4.28. The van der Waals surface area contributed by atoms with Crippen LogP contribution in [0.2, 0.25) is 0 Å². The van der Waals surface area contributed by atoms with E-state index < -0.39 is 0 Å². The van der Waals surface area contributed by atoms with Gasteiger partial charge in [0.2, 0.25) is 5.91 Å². The quantitative estimate of drug-likeness (QED) is 0.807. The third-order valence-corrected chi connectivity index (χ3v) is 4.99. The highest BCUT2D eigenvalue weighted by Crippen LogP contribution is 2.24. The number of likely N-dealkylation sites (tertiary alicyclic amines) is 1. The van der Waals surface area contributed by atoms with Crippen LogP contribution in [0.5, 0.6) is 0 Å². The summed E-state index contributed by atoms with van der Waals surface area (Å²) in [4.78, 5) is 16.9. The Labute approximate surface area is 111 Å². The number of nitrogens with one attached hydrogen (secondary N) is 1. The first kappa shape index (κ1) is 13.8. The fourth-order valence-corrected chi connectivity index (χ4v) is 2.98. The van der Waals surface area contributed by atoms with Crippen LogP contribution in [0.25, 0.3) is 0 Å². The molecule has 2 aliphatic heterocycles. The van der Waals surface area contributed by atoms with Crippen LogP contribution >= 0.6 is 0 Å². The first-order valence-corrected chi connectivity index (χ1v) is 7.18. The van der Waals surface area contributed by atoms with E-state index >= 15 is 0 Å². The Morgan fingerprint density at radius 3 is 2.61 bits per heavy atom. The molecule has 1 amide bonds. The van der Waals surface area contributed by atoms with Crippen molar-refractivity contribution >= 4 is 5.91 Å². The molecule has 1 N–H and O–H groups in total. The average Bonchev–Trinajstić information content (AvgIpc) is 2.28. The van der Waals surface area contributed by atoms with Gasteiger partial charge in [-0.1, -0.05) is 6.92 Å². The zero-order valence-electron chi connectivity index (χ0n) is 12.1. The zero-order chi connectivity index (χ0) is 13.3. The van der Waals surface area contributed by atoms with Crippen LogP contribution in [0.4, 0.5) is 0 Å². The van der Waals surface area contributed by atoms with Crippen molar-refractivity contribution in [1.29, 1.82) is 0 Å². The topological polar surface area (TPSA) is 35.6 Å². The summed E-state index contributed by atoms with van der Waals surface area (Å²) < 4.78 is 0. The highest BCUT2D eigenvalue weighted by molar-refractivity contribution is 5.79. The van der Waals surface area contributed by atoms with Gasteiger partial charge in [0.05, 0.1) is 0 Å². The van der Waals surface area contributed by atoms with Gasteiger partial charge in [-0.25, -0.2) is 0 Å². The van der Waals surface area contributed by atoms with Crippen LogP contribution in [0.1, 0.15) is 26.7 Å². The normalized spacial score (nSPS) is 31.8. The number of carbonyl (C=O) groups excluding carboxylic acids is 1. The van der Waals surface area contributed by atoms with Crippen molar-refractivity contribution in [2.24, 2.45) is 11.8 Å². The number of amides is 1. The van der Waals surface area contributed by atoms with Gasteiger partial charge in [-0.15, -0.1) is 0 Å². The first-order valence-electron chi connectivity index (χ1n) is 7.18. The minimum Gasteiger partial charge on any atom is -0.342 e. The highest BCUT2D eigenvalue weighted by Gasteiger charge is 2.34. The Hall–Kier alpha value is -0.610. The molecule has 2 rings (SSSR count). The molecule has 104 valence electrons. The Balaban J connectivity index is 1.89. The minimum absolute atomic E-state index is 0.172. The molecule has 0 aliphatic carbocycles. The fourth-order valence-electron chi connectivity index (χ4n) is 2.98. The molecule has 0 radical (unpaired) electrons. The number of hydrogen-bond donors (Lipinski definition) is 1. The molecule has 0 spiro atoms. The van der Waals surface area contributed by atoms with E-state index in [0.717, 1.165) is 32.5 Å². The van der Waals surface area contributed by atoms with Crippen LogP contribution in [-0.4, -0.2) is 61.5 Å². The van der Waals surface area contributed by atoms with Gasteiger partial charge in [-0.3, -0.25) is 4.79 Å². The summed E-state index contributed by atoms with van der Waals surface area (Å²) in [6.07, 6.45) is 2.22. The third-order valence-electron chi connectivity index (χ3n) is 4.99. The van der Waals surface area contributed by atoms with Crippen molar-refractivity contribution in [1.82, 2.24) is 15.1 Å². The molecular formula is C14H27N3O. The number of rotatable bonds is 3. The molecule has 0 bridgehead atoms. The van der Waals surface area contributed by atoms with Gasteiger partial charge in [-0.05, 0) is 45.8 Å². The van der Waals surface area contributed by atoms with E-state index in [4.69, 9.17) is 0 Å². The van der Waals surface area contributed by atoms with Gasteiger partial charge in [0.25, 0.3) is 0 Å². The maximum Gasteiger partial charge on any atom is 0.225 e. The molecule has 3 unspecified atom stereocenters. The molecule has 2 saturated heterocycles. The fraction of sp³-hybridized carbons (Fsp3) is 0.929. The lowest BCUT2D eigenvalue weighted by atomic mass is 9.87. The summed E-state index contributed by atoms with van der Waals surface area (Å²) in [6, 6.07) is 1.01. The maximum atomic E-state index is 12.4. The van der Waals surface area contributed by atoms with E-state index in [0.29, 0.717) is 23.9 Å². The van der Waals surface area contributed by atoms with E-state index in [-0.39, 0.29) is 5.92 Å². The van der Waals surface area contributed by atoms with Crippen LogP contribution in [0.3, 0.4) is 0 Å². The monoisotopic (exact) mass is 253 g/mol. The number of carbonyl (C=O) groups is 1. The van der Waals surface area contributed by atoms with Crippen LogP contribution < -0.4 is 5.32 Å². The lowest BCUT2D eigenvalue weighted by molar-refractivity contribution is -0.139. The summed E-state index contributed by atoms with van der Waals surface area (Å²) in [5.41, 5.74) is 0. The molecule has 2 fully saturated rings. The molecule has 0 saturated carbocycles. The van der Waals surface area contributed by atoms with E-state index in [2.05, 4.69) is 31.1 Å². The van der Waals surface area contributed by atoms with E-state index in [9.17, 15) is 4.79 Å². The Morgan fingerprint density at radius 1 is 1.44 bits per heavy atom. The summed E-state index contributed by atoms with van der Waals surface area (Å²) in [5, 5.41) is 3.25. The largest absolute Gasteiger partial charge is 0.342 e. The standard InChI is InChI=1S/C14H27N3O/c1-10-7-13(5-6-16(10)3)17(4)14(18)11(2)12-8-15-9-12/h10-13,15H,5-9H2,1-4H3. The molecule has 4 heteroatoms. The molecule has 18 heavy (non-hydrogen) atoms. The molecule has 2 aliphatic rings. The van der Waals surface area contributed by atoms with Gasteiger partial charge in [0.1, 0.15) is 0 Å². The van der Waals surface area contributed by atoms with Crippen LogP contribution in [-0.2, 0) is 4.79 Å². The van der Waals surface area contributed by atoms with Crippen molar-refractivity contribution in [3.8, 4) is 0 Å². The smallest absolute Gasteiger partial charge is 0.225 e. The summed E-state index contributed by atoms with van der Waals surface area (Å²) in [6.45, 7) is 7.45. The van der Waals surface area contributed by atoms with Gasteiger partial charge in [0.15, 0.2) is 0 Å². The van der Waals surface area contributed by atoms with Crippen LogP contribution in [0, 0.1) is 11.8 Å². The van der Waals surface area contributed by atoms with Gasteiger partial charge in [-0.2, -0.15) is 0 Å². The average molecular weight is 253 g/mol. The number of nitrogens with zero attached hydrogens (tertiary/aromatic N) is 2. The molecule has 0 aromatic carbocycles. The van der Waals surface area contributed by atoms with Crippen molar-refractivity contribution < 1.29 is 4.79 Å². The molecule has 3 atom stereocenters. The molecular weight excluding hydrogens is 226 g/mol. The summed E-state index contributed by atoms with van der Waals surface area (Å²) >= 11 is 0. The lowest BCUT2D eigenvalue weighted by Crippen LogP contribution is -2.53. The number of piperidine rings is 1. The van der Waals surface area contributed by atoms with Gasteiger partial charge < -0.3 is 15.1 Å². The van der Waals surface area contributed by atoms with E-state index in [1.807, 2.05) is 11.9 Å². The highest BCUT2D eigenvalue weighted by atomic mass is 16.2. The van der Waals surface area contributed by atoms with Crippen LogP contribution in [0.15, 0.2) is 0 Å². The maximum absolute atomic E-state index is 12.4. The van der Waals surface area contributed by atoms with Gasteiger partial charge >= 0.3 is 0 Å². The lowest BCUT2D eigenvalue weighted by Gasteiger charge is -2.41. The molecule has 2 heterocycles. The SMILES string of the molecule is CC(C(=O)N(C)C1CCN(C)C(C)C1)C1CNC1. The Morgan fingerprint density at radius 2 is 2.11 bits per heavy atom. The minimum atomic E-state index is 0.172. The second kappa shape index (κ2) is 5.57. The summed E-state index contributed by atoms with van der Waals surface area (Å²) in [7, 11) is 4.17. The predicted molar refractivity (Wildman–Crippen MR) is 73.4 cm³/mol. The van der Waals surface area contributed by atoms with Crippen molar-refractivity contribution in [2.45, 2.75) is 38.8 Å². The predicted octanol–water partition coefficient (Wildman–Crippen LogP) is 0.783. The first-order chi connectivity index (χ1) is 8.50. The second-order valence-corrected chi connectivity index (χ2v) is 6.16. The molecule has 0 aromatic rings. The van der Waals surface area contributed by atoms with E-state index in [1.54, 1.807) is 0 Å². The summed E-state index contributed by atoms with van der Waals surface area (Å²) in [5.74, 6) is 1.05. The Bertz CT molecular complexity index is 303. The van der Waals surface area contributed by atoms with Crippen molar-refractivity contribution in [3.63, 3.8) is 0 Å². The van der Waals surface area contributed by atoms with Crippen molar-refractivity contribution in [2.75, 3.05) is 33.7 Å². The van der Waals surface area contributed by atoms with Crippen molar-refractivity contribution in [3.05, 3.63) is 0 Å². The van der Waals surface area contributed by atoms with Gasteiger partial charge in [0, 0.05) is 31.6 Å². The number of hydrogen-bond acceptors (Lipinski definition) is 3. The molecule has 4 nitrogen and oxygen atoms in total.